The van der Waals surface area contributed by atoms with Crippen molar-refractivity contribution in [3.05, 3.63) is 11.5 Å². The summed E-state index contributed by atoms with van der Waals surface area (Å²) in [4.78, 5) is 13.6. The Labute approximate surface area is 155 Å². The molecule has 0 fully saturated rings. The SMILES string of the molecule is CC.CC.CCC(C)(C)OB(O)C1=CCN(C(=O)OC(C)(C)C)CC1. The topological polar surface area (TPSA) is 59.0 Å². The number of carbonyl (C=O) groups is 1. The van der Waals surface area contributed by atoms with Crippen LogP contribution in [0.5, 0.6) is 0 Å². The van der Waals surface area contributed by atoms with Gasteiger partial charge < -0.3 is 19.3 Å². The third-order valence-electron chi connectivity index (χ3n) is 3.50. The third-order valence-corrected chi connectivity index (χ3v) is 3.50. The number of hydrogen-bond donors (Lipinski definition) is 1. The van der Waals surface area contributed by atoms with Crippen molar-refractivity contribution in [2.75, 3.05) is 13.1 Å². The first kappa shape index (κ1) is 26.2. The zero-order valence-electron chi connectivity index (χ0n) is 18.1. The number of ether oxygens (including phenoxy) is 1. The highest BCUT2D eigenvalue weighted by Crippen LogP contribution is 2.21. The Morgan fingerprint density at radius 2 is 1.72 bits per heavy atom. The Morgan fingerprint density at radius 3 is 2.08 bits per heavy atom. The summed E-state index contributed by atoms with van der Waals surface area (Å²) >= 11 is 0. The van der Waals surface area contributed by atoms with Crippen LogP contribution in [0.15, 0.2) is 11.5 Å². The van der Waals surface area contributed by atoms with E-state index in [1.54, 1.807) is 4.90 Å². The van der Waals surface area contributed by atoms with E-state index in [4.69, 9.17) is 9.39 Å². The van der Waals surface area contributed by atoms with Crippen LogP contribution in [-0.2, 0) is 9.39 Å². The highest BCUT2D eigenvalue weighted by Gasteiger charge is 2.31. The van der Waals surface area contributed by atoms with Gasteiger partial charge in [-0.25, -0.2) is 4.79 Å². The monoisotopic (exact) mass is 357 g/mol. The van der Waals surface area contributed by atoms with Crippen LogP contribution >= 0.6 is 0 Å². The van der Waals surface area contributed by atoms with Crippen LogP contribution in [-0.4, -0.2) is 47.4 Å². The van der Waals surface area contributed by atoms with Gasteiger partial charge in [0.25, 0.3) is 0 Å². The molecule has 5 nitrogen and oxygen atoms in total. The summed E-state index contributed by atoms with van der Waals surface area (Å²) in [7, 11) is -0.902. The third kappa shape index (κ3) is 11.3. The molecule has 1 aliphatic heterocycles. The molecular formula is C19H40BNO4. The molecule has 0 aromatic carbocycles. The fourth-order valence-corrected chi connectivity index (χ4v) is 1.86. The molecule has 148 valence electrons. The van der Waals surface area contributed by atoms with Gasteiger partial charge in [0.1, 0.15) is 5.60 Å². The first-order valence-electron chi connectivity index (χ1n) is 9.57. The average Bonchev–Trinajstić information content (AvgIpc) is 2.57. The van der Waals surface area contributed by atoms with Gasteiger partial charge in [-0.2, -0.15) is 0 Å². The molecule has 0 aromatic heterocycles. The molecule has 0 aromatic rings. The van der Waals surface area contributed by atoms with Crippen LogP contribution in [0.4, 0.5) is 4.79 Å². The lowest BCUT2D eigenvalue weighted by atomic mass is 9.74. The molecule has 1 rings (SSSR count). The fraction of sp³-hybridized carbons (Fsp3) is 0.842. The Hall–Kier alpha value is -1.01. The van der Waals surface area contributed by atoms with E-state index in [9.17, 15) is 9.82 Å². The maximum atomic E-state index is 11.9. The van der Waals surface area contributed by atoms with Gasteiger partial charge >= 0.3 is 13.2 Å². The summed E-state index contributed by atoms with van der Waals surface area (Å²) in [5.41, 5.74) is -0.0199. The largest absolute Gasteiger partial charge is 0.487 e. The lowest BCUT2D eigenvalue weighted by Crippen LogP contribution is -2.42. The van der Waals surface area contributed by atoms with Crippen molar-refractivity contribution >= 4 is 13.2 Å². The van der Waals surface area contributed by atoms with Crippen LogP contribution in [0, 0.1) is 0 Å². The zero-order valence-corrected chi connectivity index (χ0v) is 18.1. The van der Waals surface area contributed by atoms with Gasteiger partial charge in [-0.15, -0.1) is 0 Å². The van der Waals surface area contributed by atoms with Crippen LogP contribution in [0.2, 0.25) is 0 Å². The van der Waals surface area contributed by atoms with Crippen molar-refractivity contribution in [1.82, 2.24) is 4.90 Å². The molecule has 0 saturated heterocycles. The number of hydrogen-bond acceptors (Lipinski definition) is 4. The molecule has 1 N–H and O–H groups in total. The number of amides is 1. The molecule has 6 heteroatoms. The first-order valence-corrected chi connectivity index (χ1v) is 9.57. The van der Waals surface area contributed by atoms with Gasteiger partial charge in [0.2, 0.25) is 0 Å². The molecule has 0 aliphatic carbocycles. The van der Waals surface area contributed by atoms with E-state index in [1.807, 2.05) is 75.3 Å². The van der Waals surface area contributed by atoms with E-state index in [1.165, 1.54) is 0 Å². The molecule has 25 heavy (non-hydrogen) atoms. The smallest absolute Gasteiger partial charge is 0.444 e. The van der Waals surface area contributed by atoms with Crippen LogP contribution in [0.1, 0.15) is 82.1 Å². The minimum absolute atomic E-state index is 0.318. The first-order chi connectivity index (χ1) is 11.5. The fourth-order valence-electron chi connectivity index (χ4n) is 1.86. The van der Waals surface area contributed by atoms with Crippen molar-refractivity contribution in [2.24, 2.45) is 0 Å². The summed E-state index contributed by atoms with van der Waals surface area (Å²) in [6, 6.07) is 0. The Morgan fingerprint density at radius 1 is 1.20 bits per heavy atom. The highest BCUT2D eigenvalue weighted by molar-refractivity contribution is 6.52. The Balaban J connectivity index is 0. The summed E-state index contributed by atoms with van der Waals surface area (Å²) in [6.07, 6.45) is 2.95. The zero-order chi connectivity index (χ0) is 20.3. The molecule has 0 saturated carbocycles. The Kier molecular flexibility index (Phi) is 13.0. The predicted octanol–water partition coefficient (Wildman–Crippen LogP) is 4.83. The van der Waals surface area contributed by atoms with Gasteiger partial charge in [0, 0.05) is 18.7 Å². The summed E-state index contributed by atoms with van der Waals surface area (Å²) in [5, 5.41) is 10.1. The quantitative estimate of drug-likeness (QED) is 0.732. The predicted molar refractivity (Wildman–Crippen MR) is 107 cm³/mol. The van der Waals surface area contributed by atoms with Crippen LogP contribution < -0.4 is 0 Å². The lowest BCUT2D eigenvalue weighted by Gasteiger charge is -2.31. The number of rotatable bonds is 4. The molecule has 0 spiro atoms. The average molecular weight is 357 g/mol. The van der Waals surface area contributed by atoms with Gasteiger partial charge in [0.15, 0.2) is 0 Å². The van der Waals surface area contributed by atoms with E-state index >= 15 is 0 Å². The normalized spacial score (nSPS) is 14.4. The summed E-state index contributed by atoms with van der Waals surface area (Å²) in [5.74, 6) is 0. The van der Waals surface area contributed by atoms with Crippen molar-refractivity contribution in [3.8, 4) is 0 Å². The van der Waals surface area contributed by atoms with Gasteiger partial charge in [-0.1, -0.05) is 40.7 Å². The second kappa shape index (κ2) is 12.4. The van der Waals surface area contributed by atoms with Crippen molar-refractivity contribution < 1.29 is 19.2 Å². The van der Waals surface area contributed by atoms with E-state index in [0.29, 0.717) is 19.5 Å². The molecule has 1 aliphatic rings. The van der Waals surface area contributed by atoms with E-state index < -0.39 is 12.7 Å². The van der Waals surface area contributed by atoms with Crippen molar-refractivity contribution in [1.29, 1.82) is 0 Å². The van der Waals surface area contributed by atoms with E-state index in [0.717, 1.165) is 11.9 Å². The summed E-state index contributed by atoms with van der Waals surface area (Å²) < 4.78 is 11.0. The highest BCUT2D eigenvalue weighted by atomic mass is 16.6. The molecule has 0 unspecified atom stereocenters. The second-order valence-corrected chi connectivity index (χ2v) is 7.04. The molecule has 1 heterocycles. The van der Waals surface area contributed by atoms with E-state index in [2.05, 4.69) is 0 Å². The second-order valence-electron chi connectivity index (χ2n) is 7.04. The lowest BCUT2D eigenvalue weighted by molar-refractivity contribution is 0.0263. The van der Waals surface area contributed by atoms with Crippen LogP contribution in [0.25, 0.3) is 0 Å². The van der Waals surface area contributed by atoms with Crippen molar-refractivity contribution in [2.45, 2.75) is 93.3 Å². The van der Waals surface area contributed by atoms with Gasteiger partial charge in [0.05, 0.1) is 0 Å². The minimum atomic E-state index is -0.902. The maximum absolute atomic E-state index is 11.9. The Bertz CT molecular complexity index is 403. The molecular weight excluding hydrogens is 317 g/mol. The standard InChI is InChI=1S/C15H28BNO4.2C2H6/c1-7-15(5,6)21-16(19)12-8-10-17(11-9-12)13(18)20-14(2,3)4;2*1-2/h8,19H,7,9-11H2,1-6H3;2*1-2H3. The van der Waals surface area contributed by atoms with Gasteiger partial charge in [-0.05, 0) is 52.9 Å². The van der Waals surface area contributed by atoms with Crippen molar-refractivity contribution in [3.63, 3.8) is 0 Å². The summed E-state index contributed by atoms with van der Waals surface area (Å²) in [6.45, 7) is 20.4. The molecule has 0 atom stereocenters. The molecule has 1 amide bonds. The van der Waals surface area contributed by atoms with E-state index in [-0.39, 0.29) is 11.7 Å². The number of carbonyl (C=O) groups excluding carboxylic acids is 1. The van der Waals surface area contributed by atoms with Gasteiger partial charge in [-0.3, -0.25) is 0 Å². The number of nitrogens with zero attached hydrogens (tertiary/aromatic N) is 1. The maximum Gasteiger partial charge on any atom is 0.487 e. The van der Waals surface area contributed by atoms with Crippen LogP contribution in [0.3, 0.4) is 0 Å². The molecule has 0 radical (unpaired) electrons. The minimum Gasteiger partial charge on any atom is -0.444 e. The molecule has 0 bridgehead atoms.